The number of pyridine rings is 1. The Balaban J connectivity index is 2.18. The van der Waals surface area contributed by atoms with Crippen LogP contribution in [0.25, 0.3) is 0 Å². The highest BCUT2D eigenvalue weighted by atomic mass is 35.5. The number of halogens is 2. The number of anilines is 1. The molecule has 1 fully saturated rings. The summed E-state index contributed by atoms with van der Waals surface area (Å²) in [6.07, 6.45) is 0.786. The predicted octanol–water partition coefficient (Wildman–Crippen LogP) is 0.826. The summed E-state index contributed by atoms with van der Waals surface area (Å²) in [6.45, 7) is 1.08. The summed E-state index contributed by atoms with van der Waals surface area (Å²) in [5.74, 6) is -0.379. The molecule has 1 aromatic heterocycles. The molecule has 1 aromatic rings. The van der Waals surface area contributed by atoms with E-state index in [1.165, 1.54) is 12.3 Å². The number of rotatable bonds is 2. The van der Waals surface area contributed by atoms with E-state index in [2.05, 4.69) is 10.1 Å². The highest BCUT2D eigenvalue weighted by Crippen LogP contribution is 2.21. The van der Waals surface area contributed by atoms with Gasteiger partial charge in [-0.1, -0.05) is 16.8 Å². The maximum Gasteiger partial charge on any atom is 0.170 e. The van der Waals surface area contributed by atoms with Crippen LogP contribution in [0.4, 0.5) is 10.2 Å². The van der Waals surface area contributed by atoms with Gasteiger partial charge >= 0.3 is 0 Å². The lowest BCUT2D eigenvalue weighted by atomic mass is 10.2. The van der Waals surface area contributed by atoms with Gasteiger partial charge in [0.15, 0.2) is 17.5 Å². The average molecular weight is 275 g/mol. The second-order valence-electron chi connectivity index (χ2n) is 3.79. The van der Waals surface area contributed by atoms with Crippen molar-refractivity contribution in [1.29, 1.82) is 0 Å². The molecule has 1 aliphatic heterocycles. The van der Waals surface area contributed by atoms with Gasteiger partial charge in [-0.25, -0.2) is 9.37 Å². The quantitative estimate of drug-likeness (QED) is 0.361. The first-order chi connectivity index (χ1) is 8.61. The molecule has 1 atom stereocenters. The van der Waals surface area contributed by atoms with E-state index in [1.54, 1.807) is 4.90 Å². The van der Waals surface area contributed by atoms with Crippen molar-refractivity contribution in [3.8, 4) is 0 Å². The number of morpholine rings is 1. The first-order valence-corrected chi connectivity index (χ1v) is 5.64. The summed E-state index contributed by atoms with van der Waals surface area (Å²) < 4.78 is 19.0. The molecule has 0 amide bonds. The molecule has 0 aliphatic carbocycles. The van der Waals surface area contributed by atoms with Gasteiger partial charge in [0.1, 0.15) is 6.10 Å². The number of amidine groups is 1. The van der Waals surface area contributed by atoms with Crippen LogP contribution in [0.2, 0.25) is 5.02 Å². The molecule has 18 heavy (non-hydrogen) atoms. The third-order valence-electron chi connectivity index (χ3n) is 2.60. The van der Waals surface area contributed by atoms with Crippen LogP contribution in [0.15, 0.2) is 17.4 Å². The number of nitrogens with zero attached hydrogens (tertiary/aromatic N) is 3. The molecule has 0 aromatic carbocycles. The van der Waals surface area contributed by atoms with Crippen LogP contribution >= 0.6 is 11.6 Å². The summed E-state index contributed by atoms with van der Waals surface area (Å²) in [6, 6.07) is 1.19. The molecule has 98 valence electrons. The summed E-state index contributed by atoms with van der Waals surface area (Å²) in [5.41, 5.74) is 5.46. The zero-order valence-corrected chi connectivity index (χ0v) is 10.1. The van der Waals surface area contributed by atoms with Crippen molar-refractivity contribution < 1.29 is 14.3 Å². The number of oxime groups is 1. The molecule has 0 radical (unpaired) electrons. The summed E-state index contributed by atoms with van der Waals surface area (Å²) in [5, 5.41) is 11.7. The van der Waals surface area contributed by atoms with Gasteiger partial charge in [0.05, 0.1) is 18.2 Å². The molecule has 3 N–H and O–H groups in total. The van der Waals surface area contributed by atoms with Crippen LogP contribution in [0.1, 0.15) is 0 Å². The van der Waals surface area contributed by atoms with E-state index in [0.29, 0.717) is 13.2 Å². The van der Waals surface area contributed by atoms with Crippen molar-refractivity contribution >= 4 is 23.3 Å². The summed E-state index contributed by atoms with van der Waals surface area (Å²) >= 11 is 5.64. The van der Waals surface area contributed by atoms with Crippen molar-refractivity contribution in [1.82, 2.24) is 4.98 Å². The van der Waals surface area contributed by atoms with E-state index < -0.39 is 11.9 Å². The summed E-state index contributed by atoms with van der Waals surface area (Å²) in [4.78, 5) is 5.61. The lowest BCUT2D eigenvalue weighted by Gasteiger charge is -2.33. The minimum Gasteiger partial charge on any atom is -0.409 e. The molecular formula is C10H12ClFN4O2. The smallest absolute Gasteiger partial charge is 0.170 e. The fraction of sp³-hybridized carbons (Fsp3) is 0.400. The highest BCUT2D eigenvalue weighted by Gasteiger charge is 2.26. The standard InChI is InChI=1S/C10H12ClFN4O2/c11-6-3-7(12)10(14-4-6)16-1-2-18-8(5-16)9(13)15-17/h3-4,8,17H,1-2,5H2,(H2,13,15). The lowest BCUT2D eigenvalue weighted by molar-refractivity contribution is 0.0801. The number of aromatic nitrogens is 1. The molecule has 1 unspecified atom stereocenters. The van der Waals surface area contributed by atoms with Crippen molar-refractivity contribution in [3.63, 3.8) is 0 Å². The van der Waals surface area contributed by atoms with Gasteiger partial charge in [0.2, 0.25) is 0 Å². The van der Waals surface area contributed by atoms with Crippen molar-refractivity contribution in [2.24, 2.45) is 10.9 Å². The van der Waals surface area contributed by atoms with Crippen molar-refractivity contribution in [3.05, 3.63) is 23.1 Å². The van der Waals surface area contributed by atoms with E-state index in [9.17, 15) is 4.39 Å². The Morgan fingerprint density at radius 2 is 2.50 bits per heavy atom. The highest BCUT2D eigenvalue weighted by molar-refractivity contribution is 6.30. The van der Waals surface area contributed by atoms with Crippen LogP contribution in [0.3, 0.4) is 0 Å². The minimum atomic E-state index is -0.583. The Morgan fingerprint density at radius 3 is 3.17 bits per heavy atom. The Kier molecular flexibility index (Phi) is 3.83. The second kappa shape index (κ2) is 5.36. The third kappa shape index (κ3) is 2.62. The summed E-state index contributed by atoms with van der Waals surface area (Å²) in [7, 11) is 0. The fourth-order valence-corrected chi connectivity index (χ4v) is 1.87. The van der Waals surface area contributed by atoms with Gasteiger partial charge in [0.25, 0.3) is 0 Å². The van der Waals surface area contributed by atoms with Crippen LogP contribution in [0, 0.1) is 5.82 Å². The minimum absolute atomic E-state index is 0.0472. The third-order valence-corrected chi connectivity index (χ3v) is 2.81. The normalized spacial score (nSPS) is 21.1. The molecule has 1 aliphatic rings. The maximum atomic E-state index is 13.7. The number of hydrogen-bond donors (Lipinski definition) is 2. The van der Waals surface area contributed by atoms with Crippen LogP contribution in [0.5, 0.6) is 0 Å². The zero-order valence-electron chi connectivity index (χ0n) is 9.38. The fourth-order valence-electron chi connectivity index (χ4n) is 1.73. The molecule has 0 bridgehead atoms. The van der Waals surface area contributed by atoms with Crippen LogP contribution in [-0.2, 0) is 4.74 Å². The van der Waals surface area contributed by atoms with Gasteiger partial charge < -0.3 is 20.6 Å². The van der Waals surface area contributed by atoms with Gasteiger partial charge in [-0.05, 0) is 6.07 Å². The number of hydrogen-bond acceptors (Lipinski definition) is 5. The average Bonchev–Trinajstić information content (AvgIpc) is 2.38. The Bertz CT molecular complexity index is 471. The molecule has 2 rings (SSSR count). The lowest BCUT2D eigenvalue weighted by Crippen LogP contribution is -2.49. The van der Waals surface area contributed by atoms with E-state index in [-0.39, 0.29) is 23.2 Å². The Labute approximate surface area is 108 Å². The predicted molar refractivity (Wildman–Crippen MR) is 64.6 cm³/mol. The van der Waals surface area contributed by atoms with E-state index in [1.807, 2.05) is 0 Å². The molecule has 0 saturated carbocycles. The van der Waals surface area contributed by atoms with Crippen LogP contribution in [-0.4, -0.2) is 41.8 Å². The van der Waals surface area contributed by atoms with Crippen molar-refractivity contribution in [2.75, 3.05) is 24.6 Å². The largest absolute Gasteiger partial charge is 0.409 e. The van der Waals surface area contributed by atoms with E-state index in [0.717, 1.165) is 0 Å². The first kappa shape index (κ1) is 12.8. The van der Waals surface area contributed by atoms with Gasteiger partial charge in [-0.15, -0.1) is 0 Å². The zero-order chi connectivity index (χ0) is 13.1. The SMILES string of the molecule is NC(=NO)C1CN(c2ncc(Cl)cc2F)CCO1. The Hall–Kier alpha value is -1.60. The molecule has 2 heterocycles. The molecular weight excluding hydrogens is 263 g/mol. The van der Waals surface area contributed by atoms with E-state index >= 15 is 0 Å². The Morgan fingerprint density at radius 1 is 1.72 bits per heavy atom. The van der Waals surface area contributed by atoms with Gasteiger partial charge in [-0.2, -0.15) is 0 Å². The van der Waals surface area contributed by atoms with Crippen molar-refractivity contribution in [2.45, 2.75) is 6.10 Å². The second-order valence-corrected chi connectivity index (χ2v) is 4.23. The topological polar surface area (TPSA) is 84.0 Å². The molecule has 8 heteroatoms. The van der Waals surface area contributed by atoms with Crippen LogP contribution < -0.4 is 10.6 Å². The van der Waals surface area contributed by atoms with E-state index in [4.69, 9.17) is 27.3 Å². The maximum absolute atomic E-state index is 13.7. The first-order valence-electron chi connectivity index (χ1n) is 5.27. The number of ether oxygens (including phenoxy) is 1. The monoisotopic (exact) mass is 274 g/mol. The molecule has 1 saturated heterocycles. The molecule has 6 nitrogen and oxygen atoms in total. The van der Waals surface area contributed by atoms with Gasteiger partial charge in [0, 0.05) is 12.7 Å². The number of nitrogens with two attached hydrogens (primary N) is 1. The molecule has 0 spiro atoms. The van der Waals surface area contributed by atoms with Gasteiger partial charge in [-0.3, -0.25) is 0 Å².